The van der Waals surface area contributed by atoms with Crippen LogP contribution in [-0.4, -0.2) is 91.1 Å². The zero-order valence-electron chi connectivity index (χ0n) is 14.8. The van der Waals surface area contributed by atoms with Gasteiger partial charge in [-0.05, 0) is 42.4 Å². The van der Waals surface area contributed by atoms with Gasteiger partial charge in [0.25, 0.3) is 5.91 Å². The molecule has 2 heterocycles. The fraction of sp³-hybridized carbons (Fsp3) is 0.733. The first-order chi connectivity index (χ1) is 12.5. The highest BCUT2D eigenvalue weighted by Crippen LogP contribution is 2.39. The molecule has 4 amide bonds. The monoisotopic (exact) mass is 497 g/mol. The Morgan fingerprint density at radius 2 is 2.00 bits per heavy atom. The molecule has 0 aromatic rings. The molecule has 27 heavy (non-hydrogen) atoms. The Kier molecular flexibility index (Phi) is 6.65. The second-order valence-electron chi connectivity index (χ2n) is 6.87. The molecule has 152 valence electrons. The molecule has 11 nitrogen and oxygen atoms in total. The average Bonchev–Trinajstić information content (AvgIpc) is 3.03. The highest BCUT2D eigenvalue weighted by Gasteiger charge is 2.60. The van der Waals surface area contributed by atoms with E-state index in [1.54, 1.807) is 22.6 Å². The molecule has 1 spiro atoms. The van der Waals surface area contributed by atoms with Crippen molar-refractivity contribution in [3.63, 3.8) is 0 Å². The maximum atomic E-state index is 12.7. The van der Waals surface area contributed by atoms with E-state index < -0.39 is 45.6 Å². The van der Waals surface area contributed by atoms with Gasteiger partial charge in [-0.15, -0.1) is 0 Å². The molecule has 0 saturated carbocycles. The Morgan fingerprint density at radius 3 is 2.48 bits per heavy atom. The van der Waals surface area contributed by atoms with Gasteiger partial charge in [0, 0.05) is 6.54 Å². The lowest BCUT2D eigenvalue weighted by Gasteiger charge is -2.51. The molecule has 0 bridgehead atoms. The maximum Gasteiger partial charge on any atom is 0.250 e. The van der Waals surface area contributed by atoms with E-state index in [0.29, 0.717) is 19.4 Å². The number of nitrogens with one attached hydrogen (secondary N) is 1. The Hall–Kier alpha value is -1.51. The number of likely N-dealkylation sites (tertiary alicyclic amines) is 2. The lowest BCUT2D eigenvalue weighted by Crippen LogP contribution is -2.75. The highest BCUT2D eigenvalue weighted by atomic mass is 127. The summed E-state index contributed by atoms with van der Waals surface area (Å²) in [6, 6.07) is -2.39. The number of primary amides is 1. The number of hydrogen-bond acceptors (Lipinski definition) is 7. The second-order valence-corrected chi connectivity index (χ2v) is 8.15. The predicted octanol–water partition coefficient (Wildman–Crippen LogP) is -3.38. The van der Waals surface area contributed by atoms with E-state index >= 15 is 0 Å². The van der Waals surface area contributed by atoms with Crippen LogP contribution in [0.2, 0.25) is 0 Å². The number of aliphatic hydroxyl groups excluding tert-OH is 2. The molecule has 2 saturated heterocycles. The number of carbonyl (C=O) groups excluding carboxylic acids is 4. The third kappa shape index (κ3) is 4.17. The molecule has 0 aromatic carbocycles. The first-order valence-corrected chi connectivity index (χ1v) is 9.71. The summed E-state index contributed by atoms with van der Waals surface area (Å²) in [4.78, 5) is 51.1. The molecule has 2 aliphatic rings. The zero-order chi connectivity index (χ0) is 20.5. The Morgan fingerprint density at radius 1 is 1.37 bits per heavy atom. The zero-order valence-corrected chi connectivity index (χ0v) is 17.0. The molecule has 5 atom stereocenters. The summed E-state index contributed by atoms with van der Waals surface area (Å²) >= 11 is 1.64. The number of rotatable bonds is 7. The fourth-order valence-corrected chi connectivity index (χ4v) is 3.80. The van der Waals surface area contributed by atoms with Crippen molar-refractivity contribution in [2.75, 3.05) is 19.6 Å². The molecule has 7 N–H and O–H groups in total. The van der Waals surface area contributed by atoms with Crippen molar-refractivity contribution in [1.82, 2.24) is 15.1 Å². The van der Waals surface area contributed by atoms with Crippen LogP contribution in [0.5, 0.6) is 0 Å². The number of carbonyl (C=O) groups is 4. The van der Waals surface area contributed by atoms with Crippen LogP contribution in [0.3, 0.4) is 0 Å². The first-order valence-electron chi connectivity index (χ1n) is 8.46. The van der Waals surface area contributed by atoms with E-state index in [2.05, 4.69) is 5.32 Å². The predicted molar refractivity (Wildman–Crippen MR) is 101 cm³/mol. The van der Waals surface area contributed by atoms with Gasteiger partial charge >= 0.3 is 0 Å². The SMILES string of the molecule is CC(O)C(NC(=O)CN1CC2(CCCN2C(=O)C(N)C(O)I)C1=O)C(N)=O. The fourth-order valence-electron chi connectivity index (χ4n) is 3.49. The van der Waals surface area contributed by atoms with Crippen LogP contribution in [0.15, 0.2) is 0 Å². The lowest BCUT2D eigenvalue weighted by molar-refractivity contribution is -0.169. The van der Waals surface area contributed by atoms with E-state index in [0.717, 1.165) is 0 Å². The number of aliphatic hydroxyl groups is 2. The van der Waals surface area contributed by atoms with E-state index in [9.17, 15) is 29.4 Å². The van der Waals surface area contributed by atoms with Crippen molar-refractivity contribution in [3.8, 4) is 0 Å². The van der Waals surface area contributed by atoms with Crippen LogP contribution in [0, 0.1) is 0 Å². The van der Waals surface area contributed by atoms with Gasteiger partial charge in [0.05, 0.1) is 19.2 Å². The van der Waals surface area contributed by atoms with Crippen molar-refractivity contribution < 1.29 is 29.4 Å². The van der Waals surface area contributed by atoms with Gasteiger partial charge in [0.2, 0.25) is 17.7 Å². The molecule has 12 heteroatoms. The molecular formula is C15H24IN5O6. The van der Waals surface area contributed by atoms with Crippen LogP contribution < -0.4 is 16.8 Å². The summed E-state index contributed by atoms with van der Waals surface area (Å²) in [5.74, 6) is -2.41. The summed E-state index contributed by atoms with van der Waals surface area (Å²) < 4.78 is -1.07. The van der Waals surface area contributed by atoms with Gasteiger partial charge in [0.1, 0.15) is 21.7 Å². The lowest BCUT2D eigenvalue weighted by atomic mass is 9.85. The Labute approximate surface area is 169 Å². The Bertz CT molecular complexity index is 644. The van der Waals surface area contributed by atoms with Crippen molar-refractivity contribution in [2.24, 2.45) is 11.5 Å². The van der Waals surface area contributed by atoms with Gasteiger partial charge in [-0.25, -0.2) is 0 Å². The summed E-state index contributed by atoms with van der Waals surface area (Å²) in [7, 11) is 0. The average molecular weight is 497 g/mol. The normalized spacial score (nSPS) is 26.3. The number of hydrogen-bond donors (Lipinski definition) is 5. The molecule has 5 unspecified atom stereocenters. The summed E-state index contributed by atoms with van der Waals surface area (Å²) in [6.07, 6.45) is -0.0981. The number of β-lactam (4-membered cyclic amide) rings is 1. The standard InChI is InChI=1S/C15H24IN5O6/c1-7(22)10(12(18)25)19-8(23)5-20-6-15(14(20)27)3-2-4-21(15)13(26)9(17)11(16)24/h7,9-11,22,24H,2-6,17H2,1H3,(H2,18,25)(H,19,23). The first kappa shape index (κ1) is 21.8. The van der Waals surface area contributed by atoms with Gasteiger partial charge in [-0.2, -0.15) is 0 Å². The number of amides is 4. The summed E-state index contributed by atoms with van der Waals surface area (Å²) in [5.41, 5.74) is 9.79. The number of alkyl halides is 1. The number of halogens is 1. The highest BCUT2D eigenvalue weighted by molar-refractivity contribution is 14.1. The smallest absolute Gasteiger partial charge is 0.250 e. The van der Waals surface area contributed by atoms with Gasteiger partial charge < -0.3 is 36.8 Å². The van der Waals surface area contributed by atoms with Crippen LogP contribution in [0.25, 0.3) is 0 Å². The molecule has 0 aliphatic carbocycles. The van der Waals surface area contributed by atoms with Crippen molar-refractivity contribution >= 4 is 46.2 Å². The van der Waals surface area contributed by atoms with Crippen LogP contribution in [-0.2, 0) is 19.2 Å². The topological polar surface area (TPSA) is 179 Å². The van der Waals surface area contributed by atoms with Crippen LogP contribution >= 0.6 is 22.6 Å². The van der Waals surface area contributed by atoms with Crippen molar-refractivity contribution in [3.05, 3.63) is 0 Å². The second kappa shape index (κ2) is 8.24. The Balaban J connectivity index is 2.00. The van der Waals surface area contributed by atoms with Gasteiger partial charge in [0.15, 0.2) is 0 Å². The number of nitrogens with zero attached hydrogens (tertiary/aromatic N) is 2. The molecule has 0 aromatic heterocycles. The van der Waals surface area contributed by atoms with Crippen molar-refractivity contribution in [1.29, 1.82) is 0 Å². The van der Waals surface area contributed by atoms with E-state index in [1.807, 2.05) is 0 Å². The molecule has 0 radical (unpaired) electrons. The molecule has 2 fully saturated rings. The van der Waals surface area contributed by atoms with Crippen LogP contribution in [0.4, 0.5) is 0 Å². The molecule has 2 aliphatic heterocycles. The van der Waals surface area contributed by atoms with Crippen molar-refractivity contribution in [2.45, 2.75) is 47.6 Å². The minimum absolute atomic E-state index is 0.158. The largest absolute Gasteiger partial charge is 0.391 e. The van der Waals surface area contributed by atoms with E-state index in [1.165, 1.54) is 16.7 Å². The minimum atomic E-state index is -1.25. The van der Waals surface area contributed by atoms with Crippen LogP contribution in [0.1, 0.15) is 19.8 Å². The number of nitrogens with two attached hydrogens (primary N) is 2. The maximum absolute atomic E-state index is 12.7. The van der Waals surface area contributed by atoms with Gasteiger partial charge in [-0.1, -0.05) is 0 Å². The third-order valence-electron chi connectivity index (χ3n) is 4.91. The summed E-state index contributed by atoms with van der Waals surface area (Å²) in [6.45, 7) is 1.50. The minimum Gasteiger partial charge on any atom is -0.391 e. The van der Waals surface area contributed by atoms with E-state index in [-0.39, 0.29) is 19.0 Å². The van der Waals surface area contributed by atoms with E-state index in [4.69, 9.17) is 11.5 Å². The van der Waals surface area contributed by atoms with Gasteiger partial charge in [-0.3, -0.25) is 19.2 Å². The quantitative estimate of drug-likeness (QED) is 0.138. The third-order valence-corrected chi connectivity index (χ3v) is 5.69. The summed E-state index contributed by atoms with van der Waals surface area (Å²) in [5, 5.41) is 21.3. The molecule has 2 rings (SSSR count). The molecular weight excluding hydrogens is 473 g/mol.